The minimum Gasteiger partial charge on any atom is -0.753 e. The molecule has 1 N–H and O–H groups in total. The first kappa shape index (κ1) is 33.2. The van der Waals surface area contributed by atoms with Crippen molar-refractivity contribution < 1.29 is 29.4 Å². The summed E-state index contributed by atoms with van der Waals surface area (Å²) in [5, 5.41) is 25.8. The Morgan fingerprint density at radius 1 is 0.811 bits per heavy atom. The monoisotopic (exact) mass is 616 g/mol. The van der Waals surface area contributed by atoms with Crippen molar-refractivity contribution >= 4 is 36.0 Å². The fraction of sp³-hybridized carbons (Fsp3) is 0.115. The molecule has 188 valence electrons. The number of aromatic nitrogens is 4. The summed E-state index contributed by atoms with van der Waals surface area (Å²) in [5.74, 6) is -0.962. The number of carboxylic acid groups (broad SMARTS) is 1. The first-order chi connectivity index (χ1) is 17.2. The summed E-state index contributed by atoms with van der Waals surface area (Å²) in [4.78, 5) is 27.6. The van der Waals surface area contributed by atoms with Crippen molar-refractivity contribution in [2.24, 2.45) is 0 Å². The van der Waals surface area contributed by atoms with Gasteiger partial charge < -0.3 is 23.1 Å². The molecule has 0 aliphatic heterocycles. The molecule has 4 heterocycles. The van der Waals surface area contributed by atoms with Crippen LogP contribution in [0.4, 0.5) is 0 Å². The third-order valence-corrected chi connectivity index (χ3v) is 4.28. The van der Waals surface area contributed by atoms with Crippen LogP contribution in [0, 0.1) is 31.4 Å². The van der Waals surface area contributed by atoms with E-state index in [9.17, 15) is 4.79 Å². The molecule has 0 unspecified atom stereocenters. The van der Waals surface area contributed by atoms with E-state index >= 15 is 0 Å². The van der Waals surface area contributed by atoms with Gasteiger partial charge in [-0.25, -0.2) is 10.1 Å². The van der Waals surface area contributed by atoms with Crippen LogP contribution in [-0.4, -0.2) is 36.2 Å². The molecule has 37 heavy (non-hydrogen) atoms. The predicted octanol–water partition coefficient (Wildman–Crippen LogP) is 5.58. The standard InChI is InChI=1S/C12H10N2O2.C12H12N2.CHNS.CNS.Ru/c1-8-2-4-13-10(6-8)11-7-9(12(15)16)3-5-14-11;1-9-3-5-13-11(7-9)12-8-10(2)4-6-14-12;2*2-1-3;/h2-7H,1H3,(H,15,16);3-8H,1-2H3;3H;;/q;;;-1;+2/p-1. The SMILES string of the molecule is Cc1ccnc(-c2cc(C(=O)O)ccn2)c1.Cc1ccnc(-c2cc(C)ccn2)c1.N#C[S-].[N-]=C=S.[Ru+2]. The number of carbonyl (C=O) groups is 1. The summed E-state index contributed by atoms with van der Waals surface area (Å²) in [6.45, 7) is 6.06. The Morgan fingerprint density at radius 3 is 1.35 bits per heavy atom. The number of isothiocyanates is 1. The van der Waals surface area contributed by atoms with Crippen LogP contribution in [0.15, 0.2) is 73.3 Å². The van der Waals surface area contributed by atoms with Crippen molar-refractivity contribution in [2.75, 3.05) is 0 Å². The van der Waals surface area contributed by atoms with Crippen LogP contribution >= 0.6 is 12.2 Å². The molecule has 0 spiro atoms. The smallest absolute Gasteiger partial charge is 0.753 e. The molecule has 4 aromatic rings. The summed E-state index contributed by atoms with van der Waals surface area (Å²) in [6, 6.07) is 14.8. The van der Waals surface area contributed by atoms with E-state index in [0.29, 0.717) is 11.4 Å². The third kappa shape index (κ3) is 12.6. The number of thiocarbonyl (C=S) groups is 1. The fourth-order valence-corrected chi connectivity index (χ4v) is 2.73. The molecule has 0 aliphatic carbocycles. The van der Waals surface area contributed by atoms with Gasteiger partial charge in [0.2, 0.25) is 0 Å². The Labute approximate surface area is 239 Å². The van der Waals surface area contributed by atoms with Gasteiger partial charge in [0.15, 0.2) is 0 Å². The molecule has 0 atom stereocenters. The van der Waals surface area contributed by atoms with E-state index < -0.39 is 5.97 Å². The number of rotatable bonds is 3. The van der Waals surface area contributed by atoms with Crippen LogP contribution in [-0.2, 0) is 32.1 Å². The van der Waals surface area contributed by atoms with Crippen molar-refractivity contribution in [1.29, 1.82) is 5.26 Å². The van der Waals surface area contributed by atoms with Gasteiger partial charge in [0.05, 0.1) is 28.3 Å². The number of aryl methyl sites for hydroxylation is 3. The average molecular weight is 616 g/mol. The van der Waals surface area contributed by atoms with Crippen molar-refractivity contribution in [1.82, 2.24) is 19.9 Å². The average Bonchev–Trinajstić information content (AvgIpc) is 2.86. The van der Waals surface area contributed by atoms with Crippen molar-refractivity contribution in [3.8, 4) is 28.2 Å². The van der Waals surface area contributed by atoms with Crippen molar-refractivity contribution in [3.63, 3.8) is 0 Å². The number of carboxylic acids is 1. The normalized spacial score (nSPS) is 8.59. The first-order valence-electron chi connectivity index (χ1n) is 10.3. The van der Waals surface area contributed by atoms with Crippen LogP contribution in [0.5, 0.6) is 0 Å². The van der Waals surface area contributed by atoms with Gasteiger partial charge in [0.25, 0.3) is 0 Å². The van der Waals surface area contributed by atoms with E-state index in [0.717, 1.165) is 17.0 Å². The topological polar surface area (TPSA) is 135 Å². The summed E-state index contributed by atoms with van der Waals surface area (Å²) in [6.07, 6.45) is 6.78. The molecule has 4 rings (SSSR count). The van der Waals surface area contributed by atoms with E-state index in [1.54, 1.807) is 6.20 Å². The Morgan fingerprint density at radius 2 is 1.08 bits per heavy atom. The maximum atomic E-state index is 10.8. The molecule has 0 bridgehead atoms. The predicted molar refractivity (Wildman–Crippen MR) is 145 cm³/mol. The van der Waals surface area contributed by atoms with Crippen molar-refractivity contribution in [3.05, 3.63) is 101 Å². The molecular weight excluding hydrogens is 594 g/mol. The number of nitrogens with zero attached hydrogens (tertiary/aromatic N) is 6. The molecule has 0 aliphatic rings. The zero-order valence-electron chi connectivity index (χ0n) is 20.1. The number of hydrogen-bond acceptors (Lipinski definition) is 8. The maximum absolute atomic E-state index is 10.8. The van der Waals surface area contributed by atoms with E-state index in [2.05, 4.69) is 58.6 Å². The van der Waals surface area contributed by atoms with Gasteiger partial charge in [0, 0.05) is 24.8 Å². The van der Waals surface area contributed by atoms with Crippen LogP contribution < -0.4 is 0 Å². The van der Waals surface area contributed by atoms with Crippen LogP contribution in [0.25, 0.3) is 28.2 Å². The maximum Gasteiger partial charge on any atom is 2.00 e. The van der Waals surface area contributed by atoms with E-state index in [4.69, 9.17) is 15.8 Å². The van der Waals surface area contributed by atoms with Gasteiger partial charge in [-0.05, 0) is 86.0 Å². The molecular formula is C26H22N6O2RuS2. The summed E-state index contributed by atoms with van der Waals surface area (Å²) >= 11 is 7.40. The molecule has 0 aromatic carbocycles. The molecule has 0 radical (unpaired) electrons. The van der Waals surface area contributed by atoms with Gasteiger partial charge >= 0.3 is 25.4 Å². The Kier molecular flexibility index (Phi) is 16.6. The van der Waals surface area contributed by atoms with Crippen LogP contribution in [0.2, 0.25) is 0 Å². The zero-order chi connectivity index (χ0) is 26.9. The largest absolute Gasteiger partial charge is 2.00 e. The quantitative estimate of drug-likeness (QED) is 0.103. The molecule has 0 saturated carbocycles. The number of thiocyanates is 1. The van der Waals surface area contributed by atoms with E-state index in [1.165, 1.54) is 40.0 Å². The van der Waals surface area contributed by atoms with E-state index in [-0.39, 0.29) is 25.0 Å². The Balaban J connectivity index is 0.000000569. The van der Waals surface area contributed by atoms with Gasteiger partial charge in [-0.2, -0.15) is 5.16 Å². The summed E-state index contributed by atoms with van der Waals surface area (Å²) < 4.78 is 0. The first-order valence-corrected chi connectivity index (χ1v) is 11.1. The minimum atomic E-state index is -0.962. The fourth-order valence-electron chi connectivity index (χ4n) is 2.73. The summed E-state index contributed by atoms with van der Waals surface area (Å²) in [7, 11) is 0. The van der Waals surface area contributed by atoms with Crippen LogP contribution in [0.1, 0.15) is 27.0 Å². The Hall–Kier alpha value is -3.80. The second kappa shape index (κ2) is 18.5. The zero-order valence-corrected chi connectivity index (χ0v) is 23.5. The Bertz CT molecular complexity index is 1330. The molecule has 0 amide bonds. The van der Waals surface area contributed by atoms with Crippen molar-refractivity contribution in [2.45, 2.75) is 20.8 Å². The van der Waals surface area contributed by atoms with Gasteiger partial charge in [-0.15, -0.1) is 0 Å². The van der Waals surface area contributed by atoms with Gasteiger partial charge in [-0.1, -0.05) is 17.6 Å². The van der Waals surface area contributed by atoms with Gasteiger partial charge in [-0.3, -0.25) is 19.9 Å². The van der Waals surface area contributed by atoms with Gasteiger partial charge in [0.1, 0.15) is 0 Å². The second-order valence-corrected chi connectivity index (χ2v) is 7.44. The number of aromatic carboxylic acids is 1. The molecule has 4 aromatic heterocycles. The molecule has 8 nitrogen and oxygen atoms in total. The summed E-state index contributed by atoms with van der Waals surface area (Å²) in [5.41, 5.74) is 6.83. The molecule has 11 heteroatoms. The third-order valence-electron chi connectivity index (χ3n) is 4.28. The second-order valence-electron chi connectivity index (χ2n) is 7.07. The number of hydrogen-bond donors (Lipinski definition) is 1. The number of pyridine rings is 4. The van der Waals surface area contributed by atoms with Crippen LogP contribution in [0.3, 0.4) is 0 Å². The van der Waals surface area contributed by atoms with E-state index in [1.807, 2.05) is 55.7 Å². The number of nitriles is 1. The molecule has 0 saturated heterocycles. The minimum absolute atomic E-state index is 0. The molecule has 0 fully saturated rings.